The van der Waals surface area contributed by atoms with Crippen molar-refractivity contribution in [2.75, 3.05) is 17.7 Å². The Morgan fingerprint density at radius 1 is 1.10 bits per heavy atom. The van der Waals surface area contributed by atoms with E-state index in [9.17, 15) is 8.42 Å². The van der Waals surface area contributed by atoms with Crippen molar-refractivity contribution in [1.29, 1.82) is 0 Å². The van der Waals surface area contributed by atoms with Crippen molar-refractivity contribution in [3.8, 4) is 0 Å². The van der Waals surface area contributed by atoms with Gasteiger partial charge in [-0.15, -0.1) is 0 Å². The number of anilines is 3. The predicted octanol–water partition coefficient (Wildman–Crippen LogP) is 1.99. The first-order valence-corrected chi connectivity index (χ1v) is 7.56. The van der Waals surface area contributed by atoms with Crippen molar-refractivity contribution in [3.63, 3.8) is 0 Å². The molecule has 0 bridgehead atoms. The van der Waals surface area contributed by atoms with Gasteiger partial charge >= 0.3 is 0 Å². The summed E-state index contributed by atoms with van der Waals surface area (Å²) in [5.41, 5.74) is 9.04. The molecule has 0 aliphatic rings. The Labute approximate surface area is 118 Å². The van der Waals surface area contributed by atoms with E-state index in [-0.39, 0.29) is 4.90 Å². The first-order chi connectivity index (χ1) is 9.29. The Morgan fingerprint density at radius 2 is 1.80 bits per heavy atom. The Morgan fingerprint density at radius 3 is 2.40 bits per heavy atom. The number of nitrogens with zero attached hydrogens (tertiary/aromatic N) is 1. The van der Waals surface area contributed by atoms with Crippen LogP contribution < -0.4 is 15.8 Å². The molecule has 0 aliphatic heterocycles. The Bertz CT molecular complexity index is 742. The van der Waals surface area contributed by atoms with Crippen LogP contribution in [0.5, 0.6) is 0 Å². The Balaban J connectivity index is 2.52. The second-order valence-corrected chi connectivity index (χ2v) is 6.23. The average Bonchev–Trinajstić information content (AvgIpc) is 2.37. The molecule has 0 radical (unpaired) electrons. The summed E-state index contributed by atoms with van der Waals surface area (Å²) < 4.78 is 22.9. The third-order valence-electron chi connectivity index (χ3n) is 3.08. The summed E-state index contributed by atoms with van der Waals surface area (Å²) in [7, 11) is -1.92. The van der Waals surface area contributed by atoms with Gasteiger partial charge in [-0.3, -0.25) is 0 Å². The van der Waals surface area contributed by atoms with E-state index in [1.807, 2.05) is 43.1 Å². The van der Waals surface area contributed by atoms with Crippen LogP contribution in [-0.4, -0.2) is 15.5 Å². The number of hydrogen-bond acceptors (Lipinski definition) is 4. The fraction of sp³-hybridized carbons (Fsp3) is 0.143. The van der Waals surface area contributed by atoms with Gasteiger partial charge in [0.05, 0.1) is 16.3 Å². The largest absolute Gasteiger partial charge is 0.397 e. The van der Waals surface area contributed by atoms with E-state index >= 15 is 0 Å². The first kappa shape index (κ1) is 14.4. The second-order valence-electron chi connectivity index (χ2n) is 4.66. The molecule has 0 spiro atoms. The molecule has 0 saturated heterocycles. The van der Waals surface area contributed by atoms with Gasteiger partial charge in [0, 0.05) is 12.7 Å². The topological polar surface area (TPSA) is 89.4 Å². The standard InChI is InChI=1S/C14H17N3O2S/c1-10-4-3-5-11(8-10)17(2)14-9-12(20(16,18)19)6-7-13(14)15/h3-9H,15H2,1-2H3,(H2,16,18,19). The molecule has 2 aromatic carbocycles. The number of nitrogen functional groups attached to an aromatic ring is 1. The fourth-order valence-electron chi connectivity index (χ4n) is 1.97. The predicted molar refractivity (Wildman–Crippen MR) is 81.5 cm³/mol. The van der Waals surface area contributed by atoms with Crippen molar-refractivity contribution < 1.29 is 8.42 Å². The van der Waals surface area contributed by atoms with Gasteiger partial charge in [0.25, 0.3) is 0 Å². The van der Waals surface area contributed by atoms with Crippen LogP contribution >= 0.6 is 0 Å². The van der Waals surface area contributed by atoms with Crippen LogP contribution in [0.25, 0.3) is 0 Å². The zero-order valence-electron chi connectivity index (χ0n) is 11.4. The minimum Gasteiger partial charge on any atom is -0.397 e. The summed E-state index contributed by atoms with van der Waals surface area (Å²) in [6, 6.07) is 12.3. The first-order valence-electron chi connectivity index (χ1n) is 6.02. The minimum absolute atomic E-state index is 0.0428. The Kier molecular flexibility index (Phi) is 3.69. The maximum atomic E-state index is 11.4. The molecule has 0 heterocycles. The lowest BCUT2D eigenvalue weighted by atomic mass is 10.2. The zero-order valence-corrected chi connectivity index (χ0v) is 12.2. The molecule has 6 heteroatoms. The molecule has 4 N–H and O–H groups in total. The van der Waals surface area contributed by atoms with Crippen LogP contribution in [0.15, 0.2) is 47.4 Å². The van der Waals surface area contributed by atoms with Gasteiger partial charge in [-0.05, 0) is 42.8 Å². The highest BCUT2D eigenvalue weighted by molar-refractivity contribution is 7.89. The van der Waals surface area contributed by atoms with E-state index in [0.717, 1.165) is 11.3 Å². The summed E-state index contributed by atoms with van der Waals surface area (Å²) in [5.74, 6) is 0. The van der Waals surface area contributed by atoms with Crippen LogP contribution in [0.1, 0.15) is 5.56 Å². The number of sulfonamides is 1. The highest BCUT2D eigenvalue weighted by Gasteiger charge is 2.14. The van der Waals surface area contributed by atoms with E-state index in [0.29, 0.717) is 11.4 Å². The number of hydrogen-bond donors (Lipinski definition) is 2. The van der Waals surface area contributed by atoms with Gasteiger partial charge in [-0.1, -0.05) is 12.1 Å². The van der Waals surface area contributed by atoms with Crippen molar-refractivity contribution in [1.82, 2.24) is 0 Å². The molecule has 0 fully saturated rings. The van der Waals surface area contributed by atoms with Gasteiger partial charge < -0.3 is 10.6 Å². The number of primary sulfonamides is 1. The molecule has 0 atom stereocenters. The Hall–Kier alpha value is -2.05. The molecule has 2 aromatic rings. The monoisotopic (exact) mass is 291 g/mol. The van der Waals surface area contributed by atoms with Gasteiger partial charge in [0.15, 0.2) is 0 Å². The summed E-state index contributed by atoms with van der Waals surface area (Å²) in [6.45, 7) is 1.99. The van der Waals surface area contributed by atoms with E-state index in [2.05, 4.69) is 0 Å². The highest BCUT2D eigenvalue weighted by atomic mass is 32.2. The molecular weight excluding hydrogens is 274 g/mol. The van der Waals surface area contributed by atoms with Crippen LogP contribution in [0.4, 0.5) is 17.1 Å². The molecule has 5 nitrogen and oxygen atoms in total. The van der Waals surface area contributed by atoms with Crippen molar-refractivity contribution in [3.05, 3.63) is 48.0 Å². The minimum atomic E-state index is -3.75. The molecule has 20 heavy (non-hydrogen) atoms. The molecule has 0 saturated carbocycles. The molecule has 0 amide bonds. The summed E-state index contributed by atoms with van der Waals surface area (Å²) in [6.07, 6.45) is 0. The number of benzene rings is 2. The van der Waals surface area contributed by atoms with Crippen LogP contribution in [0.3, 0.4) is 0 Å². The maximum Gasteiger partial charge on any atom is 0.238 e. The van der Waals surface area contributed by atoms with E-state index in [4.69, 9.17) is 10.9 Å². The van der Waals surface area contributed by atoms with Crippen LogP contribution in [0.2, 0.25) is 0 Å². The third kappa shape index (κ3) is 2.92. The van der Waals surface area contributed by atoms with Crippen LogP contribution in [-0.2, 0) is 10.0 Å². The molecular formula is C14H17N3O2S. The van der Waals surface area contributed by atoms with Gasteiger partial charge in [-0.2, -0.15) is 0 Å². The average molecular weight is 291 g/mol. The SMILES string of the molecule is Cc1cccc(N(C)c2cc(S(N)(=O)=O)ccc2N)c1. The van der Waals surface area contributed by atoms with Gasteiger partial charge in [0.1, 0.15) is 0 Å². The lowest BCUT2D eigenvalue weighted by molar-refractivity contribution is 0.598. The summed E-state index contributed by atoms with van der Waals surface area (Å²) in [4.78, 5) is 1.87. The summed E-state index contributed by atoms with van der Waals surface area (Å²) >= 11 is 0. The zero-order chi connectivity index (χ0) is 14.9. The van der Waals surface area contributed by atoms with E-state index < -0.39 is 10.0 Å². The molecule has 2 rings (SSSR count). The molecule has 0 aliphatic carbocycles. The third-order valence-corrected chi connectivity index (χ3v) is 3.99. The highest BCUT2D eigenvalue weighted by Crippen LogP contribution is 2.31. The van der Waals surface area contributed by atoms with Crippen LogP contribution in [0, 0.1) is 6.92 Å². The number of aryl methyl sites for hydroxylation is 1. The lowest BCUT2D eigenvalue weighted by Crippen LogP contribution is -2.16. The molecule has 0 aromatic heterocycles. The normalized spacial score (nSPS) is 11.3. The summed E-state index contributed by atoms with van der Waals surface area (Å²) in [5, 5.41) is 5.15. The smallest absolute Gasteiger partial charge is 0.238 e. The van der Waals surface area contributed by atoms with Crippen molar-refractivity contribution in [2.24, 2.45) is 5.14 Å². The van der Waals surface area contributed by atoms with Gasteiger partial charge in [-0.25, -0.2) is 13.6 Å². The lowest BCUT2D eigenvalue weighted by Gasteiger charge is -2.22. The van der Waals surface area contributed by atoms with E-state index in [1.54, 1.807) is 6.07 Å². The van der Waals surface area contributed by atoms with Crippen molar-refractivity contribution in [2.45, 2.75) is 11.8 Å². The second kappa shape index (κ2) is 5.15. The molecule has 0 unspecified atom stereocenters. The van der Waals surface area contributed by atoms with E-state index in [1.165, 1.54) is 12.1 Å². The molecule has 106 valence electrons. The fourth-order valence-corrected chi connectivity index (χ4v) is 2.50. The van der Waals surface area contributed by atoms with Crippen molar-refractivity contribution >= 4 is 27.1 Å². The maximum absolute atomic E-state index is 11.4. The van der Waals surface area contributed by atoms with Gasteiger partial charge in [0.2, 0.25) is 10.0 Å². The number of nitrogens with two attached hydrogens (primary N) is 2. The number of rotatable bonds is 3. The quantitative estimate of drug-likeness (QED) is 0.846.